The predicted molar refractivity (Wildman–Crippen MR) is 58.2 cm³/mol. The third-order valence-electron chi connectivity index (χ3n) is 1.36. The Balaban J connectivity index is 4.23. The van der Waals surface area contributed by atoms with Gasteiger partial charge in [-0.05, 0) is 13.8 Å². The third-order valence-corrected chi connectivity index (χ3v) is 2.58. The molecule has 1 N–H and O–H groups in total. The van der Waals surface area contributed by atoms with E-state index in [4.69, 9.17) is 5.11 Å². The third kappa shape index (κ3) is 6.70. The van der Waals surface area contributed by atoms with Crippen molar-refractivity contribution in [3.05, 3.63) is 11.6 Å². The summed E-state index contributed by atoms with van der Waals surface area (Å²) in [6, 6.07) is 0. The van der Waals surface area contributed by atoms with Crippen molar-refractivity contribution in [3.63, 3.8) is 0 Å². The summed E-state index contributed by atoms with van der Waals surface area (Å²) in [6.45, 7) is 10.0. The van der Waals surface area contributed by atoms with Gasteiger partial charge in [-0.25, -0.2) is 4.79 Å². The minimum Gasteiger partial charge on any atom is -0.478 e. The van der Waals surface area contributed by atoms with Gasteiger partial charge in [0, 0.05) is 15.6 Å². The lowest BCUT2D eigenvalue weighted by Gasteiger charge is -2.21. The van der Waals surface area contributed by atoms with E-state index in [1.54, 1.807) is 24.8 Å². The molecule has 2 nitrogen and oxygen atoms in total. The topological polar surface area (TPSA) is 37.3 Å². The number of carboxylic acid groups (broad SMARTS) is 1. The van der Waals surface area contributed by atoms with Gasteiger partial charge in [-0.2, -0.15) is 0 Å². The SMILES string of the molecule is CC(=CC(C)SC(C)(C)C)C(=O)O. The highest BCUT2D eigenvalue weighted by molar-refractivity contribution is 8.01. The van der Waals surface area contributed by atoms with Gasteiger partial charge in [-0.3, -0.25) is 0 Å². The van der Waals surface area contributed by atoms with Gasteiger partial charge < -0.3 is 5.11 Å². The summed E-state index contributed by atoms with van der Waals surface area (Å²) in [5.74, 6) is -0.832. The van der Waals surface area contributed by atoms with Crippen LogP contribution in [-0.2, 0) is 4.79 Å². The molecule has 13 heavy (non-hydrogen) atoms. The van der Waals surface area contributed by atoms with E-state index >= 15 is 0 Å². The maximum absolute atomic E-state index is 10.5. The standard InChI is InChI=1S/C10H18O2S/c1-7(9(11)12)6-8(2)13-10(3,4)5/h6,8H,1-5H3,(H,11,12). The summed E-state index contributed by atoms with van der Waals surface area (Å²) in [5, 5.41) is 8.90. The molecular weight excluding hydrogens is 184 g/mol. The highest BCUT2D eigenvalue weighted by atomic mass is 32.2. The monoisotopic (exact) mass is 202 g/mol. The largest absolute Gasteiger partial charge is 0.478 e. The summed E-state index contributed by atoms with van der Waals surface area (Å²) < 4.78 is 0.175. The van der Waals surface area contributed by atoms with Gasteiger partial charge in [-0.1, -0.05) is 26.8 Å². The number of aliphatic carboxylic acids is 1. The Morgan fingerprint density at radius 2 is 1.92 bits per heavy atom. The van der Waals surface area contributed by atoms with Crippen LogP contribution in [0.3, 0.4) is 0 Å². The van der Waals surface area contributed by atoms with Gasteiger partial charge in [0.05, 0.1) is 0 Å². The molecule has 0 aromatic carbocycles. The van der Waals surface area contributed by atoms with Crippen LogP contribution >= 0.6 is 11.8 Å². The van der Waals surface area contributed by atoms with E-state index in [2.05, 4.69) is 20.8 Å². The predicted octanol–water partition coefficient (Wildman–Crippen LogP) is 2.94. The zero-order chi connectivity index (χ0) is 10.6. The van der Waals surface area contributed by atoms with E-state index < -0.39 is 5.97 Å². The van der Waals surface area contributed by atoms with Crippen molar-refractivity contribution >= 4 is 17.7 Å². The van der Waals surface area contributed by atoms with Crippen molar-refractivity contribution in [1.29, 1.82) is 0 Å². The van der Waals surface area contributed by atoms with E-state index in [1.165, 1.54) is 0 Å². The van der Waals surface area contributed by atoms with Crippen molar-refractivity contribution in [2.75, 3.05) is 0 Å². The lowest BCUT2D eigenvalue weighted by Crippen LogP contribution is -2.13. The first-order valence-corrected chi connectivity index (χ1v) is 5.20. The Labute approximate surface area is 84.4 Å². The fraction of sp³-hybridized carbons (Fsp3) is 0.700. The second kappa shape index (κ2) is 4.70. The van der Waals surface area contributed by atoms with Crippen LogP contribution in [0.25, 0.3) is 0 Å². The number of carbonyl (C=O) groups is 1. The Hall–Kier alpha value is -0.440. The molecule has 0 saturated carbocycles. The van der Waals surface area contributed by atoms with Gasteiger partial charge in [0.2, 0.25) is 0 Å². The molecule has 0 saturated heterocycles. The molecule has 0 heterocycles. The molecule has 0 bridgehead atoms. The Morgan fingerprint density at radius 1 is 1.46 bits per heavy atom. The van der Waals surface area contributed by atoms with Gasteiger partial charge in [-0.15, -0.1) is 11.8 Å². The molecular formula is C10H18O2S. The van der Waals surface area contributed by atoms with E-state index in [-0.39, 0.29) is 10.00 Å². The average Bonchev–Trinajstić information content (AvgIpc) is 1.81. The molecule has 1 atom stereocenters. The van der Waals surface area contributed by atoms with Crippen LogP contribution < -0.4 is 0 Å². The summed E-state index contributed by atoms with van der Waals surface area (Å²) in [7, 11) is 0. The van der Waals surface area contributed by atoms with Gasteiger partial charge in [0.1, 0.15) is 0 Å². The molecule has 0 aromatic heterocycles. The zero-order valence-corrected chi connectivity index (χ0v) is 9.73. The summed E-state index contributed by atoms with van der Waals surface area (Å²) in [4.78, 5) is 10.5. The van der Waals surface area contributed by atoms with Crippen molar-refractivity contribution in [2.45, 2.75) is 44.6 Å². The van der Waals surface area contributed by atoms with Crippen molar-refractivity contribution < 1.29 is 9.90 Å². The molecule has 0 aromatic rings. The lowest BCUT2D eigenvalue weighted by molar-refractivity contribution is -0.132. The van der Waals surface area contributed by atoms with Crippen LogP contribution in [0.5, 0.6) is 0 Å². The number of rotatable bonds is 3. The lowest BCUT2D eigenvalue weighted by atomic mass is 10.2. The summed E-state index contributed by atoms with van der Waals surface area (Å²) in [5.41, 5.74) is 0.421. The smallest absolute Gasteiger partial charge is 0.330 e. The van der Waals surface area contributed by atoms with E-state index in [0.717, 1.165) is 0 Å². The fourth-order valence-corrected chi connectivity index (χ4v) is 2.40. The Bertz CT molecular complexity index is 213. The quantitative estimate of drug-likeness (QED) is 0.715. The van der Waals surface area contributed by atoms with Gasteiger partial charge >= 0.3 is 5.97 Å². The normalized spacial score (nSPS) is 15.6. The van der Waals surface area contributed by atoms with Gasteiger partial charge in [0.15, 0.2) is 0 Å². The van der Waals surface area contributed by atoms with Crippen molar-refractivity contribution in [3.8, 4) is 0 Å². The van der Waals surface area contributed by atoms with Crippen LogP contribution in [-0.4, -0.2) is 21.1 Å². The van der Waals surface area contributed by atoms with Crippen LogP contribution in [0.4, 0.5) is 0 Å². The molecule has 3 heteroatoms. The first-order valence-electron chi connectivity index (χ1n) is 4.32. The van der Waals surface area contributed by atoms with E-state index in [1.807, 2.05) is 6.92 Å². The van der Waals surface area contributed by atoms with Crippen LogP contribution in [0.2, 0.25) is 0 Å². The van der Waals surface area contributed by atoms with Gasteiger partial charge in [0.25, 0.3) is 0 Å². The molecule has 0 fully saturated rings. The molecule has 0 radical (unpaired) electrons. The Morgan fingerprint density at radius 3 is 2.23 bits per heavy atom. The van der Waals surface area contributed by atoms with Crippen molar-refractivity contribution in [2.24, 2.45) is 0 Å². The minimum atomic E-state index is -0.832. The van der Waals surface area contributed by atoms with Crippen molar-refractivity contribution in [1.82, 2.24) is 0 Å². The molecule has 0 aliphatic rings. The highest BCUT2D eigenvalue weighted by Gasteiger charge is 2.14. The molecule has 76 valence electrons. The van der Waals surface area contributed by atoms with Crippen LogP contribution in [0, 0.1) is 0 Å². The first-order chi connectivity index (χ1) is 5.72. The number of hydrogen-bond acceptors (Lipinski definition) is 2. The summed E-state index contributed by atoms with van der Waals surface area (Å²) >= 11 is 1.76. The molecule has 1 unspecified atom stereocenters. The number of hydrogen-bond donors (Lipinski definition) is 1. The molecule has 0 aliphatic heterocycles. The minimum absolute atomic E-state index is 0.175. The molecule has 0 aliphatic carbocycles. The number of thioether (sulfide) groups is 1. The second-order valence-corrected chi connectivity index (χ2v) is 6.29. The number of carboxylic acids is 1. The molecule has 0 spiro atoms. The maximum Gasteiger partial charge on any atom is 0.330 e. The second-order valence-electron chi connectivity index (χ2n) is 4.09. The first kappa shape index (κ1) is 12.6. The average molecular weight is 202 g/mol. The van der Waals surface area contributed by atoms with Crippen LogP contribution in [0.15, 0.2) is 11.6 Å². The van der Waals surface area contributed by atoms with E-state index in [0.29, 0.717) is 5.57 Å². The fourth-order valence-electron chi connectivity index (χ4n) is 1.02. The van der Waals surface area contributed by atoms with E-state index in [9.17, 15) is 4.79 Å². The molecule has 0 amide bonds. The van der Waals surface area contributed by atoms with Crippen LogP contribution in [0.1, 0.15) is 34.6 Å². The molecule has 0 rings (SSSR count). The highest BCUT2D eigenvalue weighted by Crippen LogP contribution is 2.28. The zero-order valence-electron chi connectivity index (χ0n) is 8.92. The maximum atomic E-state index is 10.5. The summed E-state index contributed by atoms with van der Waals surface area (Å²) in [6.07, 6.45) is 1.79. The Kier molecular flexibility index (Phi) is 4.54.